The molecule has 0 N–H and O–H groups in total. The molecule has 1 atom stereocenters. The van der Waals surface area contributed by atoms with Crippen LogP contribution in [0.2, 0.25) is 0 Å². The minimum Gasteiger partial charge on any atom is -0.282 e. The summed E-state index contributed by atoms with van der Waals surface area (Å²) in [5.74, 6) is 0. The summed E-state index contributed by atoms with van der Waals surface area (Å²) in [6.07, 6.45) is 1.30. The first-order valence-corrected chi connectivity index (χ1v) is 3.21. The predicted molar refractivity (Wildman–Crippen MR) is 37.6 cm³/mol. The Morgan fingerprint density at radius 3 is 2.50 bits per heavy atom. The Hall–Kier alpha value is -0.240. The summed E-state index contributed by atoms with van der Waals surface area (Å²) in [5, 5.41) is 0.119. The second kappa shape index (κ2) is 3.72. The number of rotatable bonds is 2. The zero-order valence-corrected chi connectivity index (χ0v) is 5.70. The Bertz CT molecular complexity index is 96.7. The van der Waals surface area contributed by atoms with Crippen LogP contribution in [0.15, 0.2) is 12.7 Å². The van der Waals surface area contributed by atoms with Gasteiger partial charge >= 0.3 is 0 Å². The summed E-state index contributed by atoms with van der Waals surface area (Å²) in [7, 11) is 0. The Labute approximate surface area is 54.2 Å². The van der Waals surface area contributed by atoms with Gasteiger partial charge in [-0.3, -0.25) is 4.79 Å². The van der Waals surface area contributed by atoms with Crippen molar-refractivity contribution >= 4 is 16.9 Å². The van der Waals surface area contributed by atoms with Crippen molar-refractivity contribution in [2.24, 2.45) is 0 Å². The van der Waals surface area contributed by atoms with Crippen LogP contribution in [0.3, 0.4) is 0 Å². The molecular formula is C6H9OS. The van der Waals surface area contributed by atoms with E-state index in [2.05, 4.69) is 13.5 Å². The van der Waals surface area contributed by atoms with E-state index in [0.29, 0.717) is 0 Å². The van der Waals surface area contributed by atoms with Crippen molar-refractivity contribution in [1.29, 1.82) is 0 Å². The van der Waals surface area contributed by atoms with Crippen molar-refractivity contribution < 1.29 is 4.79 Å². The summed E-state index contributed by atoms with van der Waals surface area (Å²) >= 11 is 1.19. The van der Waals surface area contributed by atoms with Gasteiger partial charge in [-0.05, 0) is 13.0 Å². The summed E-state index contributed by atoms with van der Waals surface area (Å²) < 4.78 is 0. The average Bonchev–Trinajstić information content (AvgIpc) is 1.65. The number of carbonyl (C=O) groups excluding carboxylic acids is 1. The third kappa shape index (κ3) is 3.93. The van der Waals surface area contributed by atoms with Crippen LogP contribution in [-0.2, 0) is 4.79 Å². The van der Waals surface area contributed by atoms with E-state index in [4.69, 9.17) is 0 Å². The number of hydrogen-bond acceptors (Lipinski definition) is 2. The van der Waals surface area contributed by atoms with Crippen LogP contribution < -0.4 is 0 Å². The standard InChI is InChI=1S/C6H9OS/c1-4-6(7)8-5(2)3/h4-5H,1-2H2,3H3. The van der Waals surface area contributed by atoms with Gasteiger partial charge in [0.1, 0.15) is 0 Å². The number of hydrogen-bond donors (Lipinski definition) is 0. The maximum atomic E-state index is 10.4. The van der Waals surface area contributed by atoms with E-state index in [1.807, 2.05) is 6.92 Å². The normalized spacial score (nSPS) is 9.38. The quantitative estimate of drug-likeness (QED) is 0.527. The molecule has 1 nitrogen and oxygen atoms in total. The Kier molecular flexibility index (Phi) is 3.61. The molecule has 0 aromatic carbocycles. The molecule has 1 radical (unpaired) electrons. The van der Waals surface area contributed by atoms with Crippen LogP contribution in [0.5, 0.6) is 0 Å². The minimum absolute atomic E-state index is 0.00694. The first-order chi connectivity index (χ1) is 3.66. The maximum absolute atomic E-state index is 10.4. The monoisotopic (exact) mass is 129 g/mol. The van der Waals surface area contributed by atoms with Crippen molar-refractivity contribution in [1.82, 2.24) is 0 Å². The van der Waals surface area contributed by atoms with Crippen LogP contribution in [0.1, 0.15) is 6.92 Å². The predicted octanol–water partition coefficient (Wildman–Crippen LogP) is 1.65. The van der Waals surface area contributed by atoms with Gasteiger partial charge in [-0.2, -0.15) is 0 Å². The molecule has 0 rings (SSSR count). The summed E-state index contributed by atoms with van der Waals surface area (Å²) in [6, 6.07) is 0. The molecule has 0 heterocycles. The Balaban J connectivity index is 3.39. The van der Waals surface area contributed by atoms with Gasteiger partial charge < -0.3 is 0 Å². The van der Waals surface area contributed by atoms with Crippen molar-refractivity contribution in [3.8, 4) is 0 Å². The van der Waals surface area contributed by atoms with Crippen LogP contribution in [0.25, 0.3) is 0 Å². The highest BCUT2D eigenvalue weighted by molar-refractivity contribution is 8.14. The summed E-state index contributed by atoms with van der Waals surface area (Å²) in [6.45, 7) is 8.80. The Morgan fingerprint density at radius 2 is 2.38 bits per heavy atom. The lowest BCUT2D eigenvalue weighted by Gasteiger charge is -1.95. The largest absolute Gasteiger partial charge is 0.282 e. The molecule has 0 saturated carbocycles. The molecule has 0 spiro atoms. The molecule has 0 saturated heterocycles. The molecule has 2 heteroatoms. The molecule has 0 aliphatic carbocycles. The van der Waals surface area contributed by atoms with E-state index in [1.165, 1.54) is 17.8 Å². The van der Waals surface area contributed by atoms with E-state index >= 15 is 0 Å². The van der Waals surface area contributed by atoms with Gasteiger partial charge in [-0.25, -0.2) is 0 Å². The molecule has 0 bridgehead atoms. The van der Waals surface area contributed by atoms with E-state index in [1.54, 1.807) is 0 Å². The van der Waals surface area contributed by atoms with Gasteiger partial charge in [0, 0.05) is 5.25 Å². The fourth-order valence-corrected chi connectivity index (χ4v) is 0.739. The SMILES string of the molecule is [CH2]C(C)SC(=O)C=C. The van der Waals surface area contributed by atoms with E-state index in [-0.39, 0.29) is 10.4 Å². The minimum atomic E-state index is -0.00694. The zero-order valence-electron chi connectivity index (χ0n) is 4.89. The van der Waals surface area contributed by atoms with Gasteiger partial charge in [0.05, 0.1) is 0 Å². The van der Waals surface area contributed by atoms with Crippen molar-refractivity contribution in [2.45, 2.75) is 12.2 Å². The third-order valence-corrected chi connectivity index (χ3v) is 1.29. The van der Waals surface area contributed by atoms with Gasteiger partial charge in [-0.1, -0.05) is 25.3 Å². The topological polar surface area (TPSA) is 17.1 Å². The van der Waals surface area contributed by atoms with E-state index < -0.39 is 0 Å². The molecule has 0 aromatic rings. The fourth-order valence-electron chi connectivity index (χ4n) is 0.246. The molecule has 0 amide bonds. The van der Waals surface area contributed by atoms with Crippen molar-refractivity contribution in [3.63, 3.8) is 0 Å². The molecule has 0 aliphatic rings. The fraction of sp³-hybridized carbons (Fsp3) is 0.333. The molecule has 8 heavy (non-hydrogen) atoms. The zero-order chi connectivity index (χ0) is 6.57. The van der Waals surface area contributed by atoms with Crippen LogP contribution in [0, 0.1) is 6.92 Å². The molecule has 0 aromatic heterocycles. The second-order valence-electron chi connectivity index (χ2n) is 1.45. The first-order valence-electron chi connectivity index (χ1n) is 2.33. The summed E-state index contributed by atoms with van der Waals surface area (Å²) in [4.78, 5) is 10.4. The van der Waals surface area contributed by atoms with Gasteiger partial charge in [0.15, 0.2) is 0 Å². The Morgan fingerprint density at radius 1 is 1.88 bits per heavy atom. The average molecular weight is 129 g/mol. The molecule has 0 fully saturated rings. The first kappa shape index (κ1) is 7.76. The molecule has 0 aliphatic heterocycles. The highest BCUT2D eigenvalue weighted by atomic mass is 32.2. The number of thioether (sulfide) groups is 1. The van der Waals surface area contributed by atoms with Gasteiger partial charge in [0.25, 0.3) is 0 Å². The van der Waals surface area contributed by atoms with Crippen LogP contribution in [0.4, 0.5) is 0 Å². The maximum Gasteiger partial charge on any atom is 0.211 e. The highest BCUT2D eigenvalue weighted by Crippen LogP contribution is 2.09. The second-order valence-corrected chi connectivity index (χ2v) is 2.89. The smallest absolute Gasteiger partial charge is 0.211 e. The molecule has 45 valence electrons. The van der Waals surface area contributed by atoms with Crippen LogP contribution in [-0.4, -0.2) is 10.4 Å². The van der Waals surface area contributed by atoms with Gasteiger partial charge in [-0.15, -0.1) is 0 Å². The molecular weight excluding hydrogens is 120 g/mol. The summed E-state index contributed by atoms with van der Waals surface area (Å²) in [5.41, 5.74) is 0. The third-order valence-electron chi connectivity index (χ3n) is 0.484. The lowest BCUT2D eigenvalue weighted by atomic mass is 10.6. The number of carbonyl (C=O) groups is 1. The lowest BCUT2D eigenvalue weighted by molar-refractivity contribution is -0.107. The highest BCUT2D eigenvalue weighted by Gasteiger charge is 1.98. The van der Waals surface area contributed by atoms with Crippen molar-refractivity contribution in [3.05, 3.63) is 19.6 Å². The van der Waals surface area contributed by atoms with Crippen molar-refractivity contribution in [2.75, 3.05) is 0 Å². The van der Waals surface area contributed by atoms with E-state index in [9.17, 15) is 4.79 Å². The van der Waals surface area contributed by atoms with Gasteiger partial charge in [0.2, 0.25) is 5.12 Å². The lowest BCUT2D eigenvalue weighted by Crippen LogP contribution is -1.92. The molecule has 1 unspecified atom stereocenters. The van der Waals surface area contributed by atoms with Crippen LogP contribution >= 0.6 is 11.8 Å². The van der Waals surface area contributed by atoms with E-state index in [0.717, 1.165) is 0 Å².